The fourth-order valence-corrected chi connectivity index (χ4v) is 1.45. The molecule has 0 bridgehead atoms. The van der Waals surface area contributed by atoms with E-state index in [-0.39, 0.29) is 0 Å². The lowest BCUT2D eigenvalue weighted by Gasteiger charge is -2.01. The van der Waals surface area contributed by atoms with Gasteiger partial charge in [-0.05, 0) is 23.0 Å². The molecular weight excluding hydrogens is 220 g/mol. The Labute approximate surface area is 110 Å². The molecule has 0 N–H and O–H groups in total. The monoisotopic (exact) mass is 242 g/mol. The summed E-state index contributed by atoms with van der Waals surface area (Å²) >= 11 is 0. The molecule has 2 heteroatoms. The average molecular weight is 242 g/mol. The third-order valence-corrected chi connectivity index (χ3v) is 2.71. The predicted octanol–water partition coefficient (Wildman–Crippen LogP) is 4.41. The number of hydrogen-bond acceptors (Lipinski definition) is 2. The van der Waals surface area contributed by atoms with Gasteiger partial charge in [0.2, 0.25) is 0 Å². The summed E-state index contributed by atoms with van der Waals surface area (Å²) < 4.78 is 0. The first-order valence-electron chi connectivity index (χ1n) is 6.41. The van der Waals surface area contributed by atoms with Crippen LogP contribution in [-0.2, 0) is 0 Å². The van der Waals surface area contributed by atoms with Gasteiger partial charge in [0.1, 0.15) is 6.33 Å². The van der Waals surface area contributed by atoms with Crippen LogP contribution in [0.15, 0.2) is 49.1 Å². The van der Waals surface area contributed by atoms with Crippen molar-refractivity contribution in [2.24, 2.45) is 0 Å². The van der Waals surface area contributed by atoms with Crippen LogP contribution in [0.2, 0.25) is 0 Å². The van der Waals surface area contributed by atoms with Crippen LogP contribution in [0, 0.1) is 0 Å². The second kappa shape index (κ2) is 7.59. The largest absolute Gasteiger partial charge is 0.245 e. The zero-order valence-electron chi connectivity index (χ0n) is 11.7. The van der Waals surface area contributed by atoms with Crippen molar-refractivity contribution in [3.63, 3.8) is 0 Å². The Kier molecular flexibility index (Phi) is 6.06. The van der Waals surface area contributed by atoms with Gasteiger partial charge >= 0.3 is 0 Å². The van der Waals surface area contributed by atoms with Gasteiger partial charge in [-0.25, -0.2) is 9.97 Å². The molecule has 2 aromatic rings. The number of rotatable bonds is 2. The zero-order valence-corrected chi connectivity index (χ0v) is 11.7. The molecule has 0 aliphatic heterocycles. The van der Waals surface area contributed by atoms with Crippen molar-refractivity contribution in [3.8, 4) is 0 Å². The van der Waals surface area contributed by atoms with Gasteiger partial charge in [-0.3, -0.25) is 0 Å². The highest BCUT2D eigenvalue weighted by Gasteiger charge is 1.95. The van der Waals surface area contributed by atoms with Gasteiger partial charge in [0.15, 0.2) is 0 Å². The van der Waals surface area contributed by atoms with Gasteiger partial charge in [-0.1, -0.05) is 58.0 Å². The molecule has 2 rings (SSSR count). The van der Waals surface area contributed by atoms with E-state index in [4.69, 9.17) is 0 Å². The Bertz CT molecular complexity index is 378. The van der Waals surface area contributed by atoms with Crippen molar-refractivity contribution in [3.05, 3.63) is 60.2 Å². The molecule has 1 aromatic carbocycles. The van der Waals surface area contributed by atoms with E-state index in [0.29, 0.717) is 11.8 Å². The Hall–Kier alpha value is -1.70. The number of hydrogen-bond donors (Lipinski definition) is 0. The Morgan fingerprint density at radius 3 is 1.56 bits per heavy atom. The van der Waals surface area contributed by atoms with E-state index in [9.17, 15) is 0 Å². The number of benzene rings is 1. The lowest BCUT2D eigenvalue weighted by atomic mass is 10.0. The van der Waals surface area contributed by atoms with Gasteiger partial charge in [-0.2, -0.15) is 0 Å². The first-order valence-corrected chi connectivity index (χ1v) is 6.41. The second-order valence-electron chi connectivity index (χ2n) is 4.89. The molecule has 0 radical (unpaired) electrons. The maximum absolute atomic E-state index is 3.89. The topological polar surface area (TPSA) is 25.8 Å². The van der Waals surface area contributed by atoms with Gasteiger partial charge in [0.05, 0.1) is 0 Å². The fraction of sp³-hybridized carbons (Fsp3) is 0.375. The maximum atomic E-state index is 3.89. The summed E-state index contributed by atoms with van der Waals surface area (Å²) in [4.78, 5) is 7.79. The smallest absolute Gasteiger partial charge is 0.115 e. The minimum Gasteiger partial charge on any atom is -0.245 e. The maximum Gasteiger partial charge on any atom is 0.115 e. The van der Waals surface area contributed by atoms with Gasteiger partial charge in [-0.15, -0.1) is 0 Å². The SMILES string of the molecule is CC(C)c1ccccc1.CC(C)c1cncnc1. The van der Waals surface area contributed by atoms with Crippen LogP contribution in [-0.4, -0.2) is 9.97 Å². The summed E-state index contributed by atoms with van der Waals surface area (Å²) in [7, 11) is 0. The standard InChI is InChI=1S/C9H12.C7H10N2/c1-8(2)9-6-4-3-5-7-9;1-6(2)7-3-8-5-9-4-7/h3-8H,1-2H3;3-6H,1-2H3. The number of aromatic nitrogens is 2. The van der Waals surface area contributed by atoms with Crippen LogP contribution in [0.25, 0.3) is 0 Å². The normalized spacial score (nSPS) is 10.1. The molecule has 96 valence electrons. The van der Waals surface area contributed by atoms with E-state index in [0.717, 1.165) is 0 Å². The zero-order chi connectivity index (χ0) is 13.4. The van der Waals surface area contributed by atoms with Gasteiger partial charge < -0.3 is 0 Å². The van der Waals surface area contributed by atoms with Crippen molar-refractivity contribution in [2.75, 3.05) is 0 Å². The summed E-state index contributed by atoms with van der Waals surface area (Å²) in [6.45, 7) is 8.65. The van der Waals surface area contributed by atoms with Crippen molar-refractivity contribution in [1.82, 2.24) is 9.97 Å². The molecule has 18 heavy (non-hydrogen) atoms. The molecule has 0 fully saturated rings. The highest BCUT2D eigenvalue weighted by atomic mass is 14.8. The summed E-state index contributed by atoms with van der Waals surface area (Å²) in [5.41, 5.74) is 2.61. The highest BCUT2D eigenvalue weighted by molar-refractivity contribution is 5.17. The van der Waals surface area contributed by atoms with E-state index in [1.165, 1.54) is 11.1 Å². The van der Waals surface area contributed by atoms with E-state index >= 15 is 0 Å². The van der Waals surface area contributed by atoms with Crippen molar-refractivity contribution >= 4 is 0 Å². The fourth-order valence-electron chi connectivity index (χ4n) is 1.45. The molecule has 1 heterocycles. The molecule has 0 aliphatic rings. The van der Waals surface area contributed by atoms with E-state index < -0.39 is 0 Å². The van der Waals surface area contributed by atoms with Crippen LogP contribution in [0.3, 0.4) is 0 Å². The Morgan fingerprint density at radius 2 is 1.22 bits per heavy atom. The number of nitrogens with zero attached hydrogens (tertiary/aromatic N) is 2. The van der Waals surface area contributed by atoms with Crippen LogP contribution < -0.4 is 0 Å². The Morgan fingerprint density at radius 1 is 0.722 bits per heavy atom. The molecule has 2 nitrogen and oxygen atoms in total. The minimum absolute atomic E-state index is 0.534. The van der Waals surface area contributed by atoms with Gasteiger partial charge in [0, 0.05) is 12.4 Å². The third-order valence-electron chi connectivity index (χ3n) is 2.71. The van der Waals surface area contributed by atoms with Crippen LogP contribution in [0.4, 0.5) is 0 Å². The first-order chi connectivity index (χ1) is 8.61. The van der Waals surface area contributed by atoms with Crippen molar-refractivity contribution < 1.29 is 0 Å². The lowest BCUT2D eigenvalue weighted by molar-refractivity contribution is 0.845. The van der Waals surface area contributed by atoms with E-state index in [1.54, 1.807) is 6.33 Å². The molecule has 0 saturated carbocycles. The average Bonchev–Trinajstić information content (AvgIpc) is 2.41. The van der Waals surface area contributed by atoms with E-state index in [2.05, 4.69) is 61.9 Å². The molecule has 0 aliphatic carbocycles. The molecule has 0 spiro atoms. The quantitative estimate of drug-likeness (QED) is 0.779. The summed E-state index contributed by atoms with van der Waals surface area (Å²) in [5.74, 6) is 1.19. The summed E-state index contributed by atoms with van der Waals surface area (Å²) in [6, 6.07) is 10.5. The van der Waals surface area contributed by atoms with E-state index in [1.807, 2.05) is 18.5 Å². The minimum atomic E-state index is 0.534. The molecule has 0 unspecified atom stereocenters. The first kappa shape index (κ1) is 14.4. The van der Waals surface area contributed by atoms with Crippen molar-refractivity contribution in [1.29, 1.82) is 0 Å². The van der Waals surface area contributed by atoms with Crippen LogP contribution in [0.5, 0.6) is 0 Å². The highest BCUT2D eigenvalue weighted by Crippen LogP contribution is 2.11. The third kappa shape index (κ3) is 5.09. The molecular formula is C16H22N2. The van der Waals surface area contributed by atoms with Crippen LogP contribution in [0.1, 0.15) is 50.7 Å². The van der Waals surface area contributed by atoms with Gasteiger partial charge in [0.25, 0.3) is 0 Å². The summed E-state index contributed by atoms with van der Waals surface area (Å²) in [5, 5.41) is 0. The predicted molar refractivity (Wildman–Crippen MR) is 76.7 cm³/mol. The second-order valence-corrected chi connectivity index (χ2v) is 4.89. The van der Waals surface area contributed by atoms with Crippen LogP contribution >= 0.6 is 0 Å². The molecule has 0 amide bonds. The molecule has 0 atom stereocenters. The Balaban J connectivity index is 0.000000180. The molecule has 1 aromatic heterocycles. The van der Waals surface area contributed by atoms with Crippen molar-refractivity contribution in [2.45, 2.75) is 39.5 Å². The molecule has 0 saturated heterocycles. The lowest BCUT2D eigenvalue weighted by Crippen LogP contribution is -1.88. The summed E-state index contributed by atoms with van der Waals surface area (Å²) in [6.07, 6.45) is 5.24.